The Labute approximate surface area is 174 Å². The molecule has 0 spiro atoms. The first-order chi connectivity index (χ1) is 14.5. The van der Waals surface area contributed by atoms with Crippen LogP contribution in [-0.2, 0) is 6.61 Å². The topological polar surface area (TPSA) is 62.1 Å². The van der Waals surface area contributed by atoms with Gasteiger partial charge in [0.1, 0.15) is 18.2 Å². The molecule has 2 aromatic rings. The van der Waals surface area contributed by atoms with Crippen molar-refractivity contribution in [3.05, 3.63) is 82.8 Å². The van der Waals surface area contributed by atoms with Crippen LogP contribution in [0.15, 0.2) is 65.4 Å². The van der Waals surface area contributed by atoms with Crippen LogP contribution in [0, 0.1) is 12.7 Å². The molecule has 0 saturated carbocycles. The summed E-state index contributed by atoms with van der Waals surface area (Å²) in [5, 5.41) is 14.4. The van der Waals surface area contributed by atoms with E-state index in [1.165, 1.54) is 23.9 Å². The number of hydrogen-bond acceptors (Lipinski definition) is 3. The number of rotatable bonds is 5. The maximum atomic E-state index is 14.1. The van der Waals surface area contributed by atoms with Gasteiger partial charge in [-0.15, -0.1) is 0 Å². The highest BCUT2D eigenvalue weighted by molar-refractivity contribution is 6.08. The molecule has 30 heavy (non-hydrogen) atoms. The van der Waals surface area contributed by atoms with Gasteiger partial charge in [0.05, 0.1) is 5.71 Å². The number of hydrazone groups is 1. The molecule has 0 unspecified atom stereocenters. The summed E-state index contributed by atoms with van der Waals surface area (Å²) >= 11 is 0. The van der Waals surface area contributed by atoms with Crippen LogP contribution in [0.1, 0.15) is 42.4 Å². The van der Waals surface area contributed by atoms with Gasteiger partial charge in [0, 0.05) is 18.2 Å². The van der Waals surface area contributed by atoms with Crippen molar-refractivity contribution in [2.45, 2.75) is 39.2 Å². The fourth-order valence-electron chi connectivity index (χ4n) is 3.83. The molecule has 0 radical (unpaired) electrons. The summed E-state index contributed by atoms with van der Waals surface area (Å²) < 4.78 is 20.2. The molecule has 5 nitrogen and oxygen atoms in total. The molecule has 1 N–H and O–H groups in total. The van der Waals surface area contributed by atoms with Crippen LogP contribution in [0.2, 0.25) is 0 Å². The van der Waals surface area contributed by atoms with E-state index in [-0.39, 0.29) is 5.82 Å². The molecule has 1 aliphatic carbocycles. The van der Waals surface area contributed by atoms with Crippen LogP contribution >= 0.6 is 0 Å². The summed E-state index contributed by atoms with van der Waals surface area (Å²) in [7, 11) is 0. The van der Waals surface area contributed by atoms with Gasteiger partial charge in [-0.3, -0.25) is 0 Å². The predicted octanol–water partition coefficient (Wildman–Crippen LogP) is 5.90. The molecule has 2 aliphatic rings. The predicted molar refractivity (Wildman–Crippen MR) is 114 cm³/mol. The zero-order valence-electron chi connectivity index (χ0n) is 16.8. The first kappa shape index (κ1) is 19.9. The van der Waals surface area contributed by atoms with Gasteiger partial charge in [-0.05, 0) is 61.1 Å². The van der Waals surface area contributed by atoms with Gasteiger partial charge < -0.3 is 9.84 Å². The Hall–Kier alpha value is -3.41. The van der Waals surface area contributed by atoms with E-state index in [4.69, 9.17) is 4.74 Å². The van der Waals surface area contributed by atoms with Crippen molar-refractivity contribution < 1.29 is 19.0 Å². The third-order valence-corrected chi connectivity index (χ3v) is 5.33. The number of allylic oxidation sites excluding steroid dienone is 3. The number of carbonyl (C=O) groups is 1. The van der Waals surface area contributed by atoms with E-state index in [9.17, 15) is 14.3 Å². The quantitative estimate of drug-likeness (QED) is 0.672. The number of hydrogen-bond donors (Lipinski definition) is 1. The Balaban J connectivity index is 1.66. The largest absolute Gasteiger partial charge is 0.488 e. The van der Waals surface area contributed by atoms with Gasteiger partial charge in [-0.1, -0.05) is 35.9 Å². The number of nitrogens with zero attached hydrogens (tertiary/aromatic N) is 2. The average molecular weight is 406 g/mol. The van der Waals surface area contributed by atoms with Crippen LogP contribution in [0.5, 0.6) is 5.75 Å². The summed E-state index contributed by atoms with van der Waals surface area (Å²) in [4.78, 5) is 11.3. The lowest BCUT2D eigenvalue weighted by Gasteiger charge is -2.19. The lowest BCUT2D eigenvalue weighted by atomic mass is 9.96. The third-order valence-electron chi connectivity index (χ3n) is 5.33. The molecule has 1 amide bonds. The molecule has 0 saturated heterocycles. The summed E-state index contributed by atoms with van der Waals surface area (Å²) in [6, 6.07) is 12.7. The van der Waals surface area contributed by atoms with E-state index in [0.717, 1.165) is 41.0 Å². The minimum absolute atomic E-state index is 0.330. The zero-order valence-corrected chi connectivity index (χ0v) is 16.8. The molecule has 0 aromatic heterocycles. The lowest BCUT2D eigenvalue weighted by Crippen LogP contribution is -2.23. The molecule has 0 atom stereocenters. The van der Waals surface area contributed by atoms with Gasteiger partial charge >= 0.3 is 6.09 Å². The maximum absolute atomic E-state index is 14.1. The van der Waals surface area contributed by atoms with Gasteiger partial charge in [-0.2, -0.15) is 10.1 Å². The summed E-state index contributed by atoms with van der Waals surface area (Å²) in [6.07, 6.45) is 5.11. The molecular weight excluding hydrogens is 383 g/mol. The average Bonchev–Trinajstić information content (AvgIpc) is 3.24. The van der Waals surface area contributed by atoms with Crippen molar-refractivity contribution in [3.63, 3.8) is 0 Å². The standard InChI is InChI=1S/C24H23FN2O3/c1-16-7-9-17(10-8-16)15-30-23-12-11-18(25)14-21(23)19-4-2-5-20(19)22-6-3-13-27(26-22)24(28)29/h3,7-14H,2,4-6,15H2,1H3,(H,28,29). The SMILES string of the molecule is Cc1ccc(COc2ccc(F)cc2C2=C(C3=NN(C(=O)O)C=CC3)CCC2)cc1. The molecule has 6 heteroatoms. The molecular formula is C24H23FN2O3. The lowest BCUT2D eigenvalue weighted by molar-refractivity contribution is 0.163. The van der Waals surface area contributed by atoms with E-state index < -0.39 is 6.09 Å². The zero-order chi connectivity index (χ0) is 21.1. The van der Waals surface area contributed by atoms with Crippen molar-refractivity contribution in [1.29, 1.82) is 0 Å². The minimum atomic E-state index is -1.13. The third kappa shape index (κ3) is 4.27. The number of carboxylic acid groups (broad SMARTS) is 1. The van der Waals surface area contributed by atoms with Gasteiger partial charge in [0.25, 0.3) is 0 Å². The highest BCUT2D eigenvalue weighted by Crippen LogP contribution is 2.40. The van der Waals surface area contributed by atoms with Crippen LogP contribution < -0.4 is 4.74 Å². The molecule has 1 heterocycles. The van der Waals surface area contributed by atoms with Gasteiger partial charge in [0.15, 0.2) is 0 Å². The monoisotopic (exact) mass is 406 g/mol. The maximum Gasteiger partial charge on any atom is 0.432 e. The summed E-state index contributed by atoms with van der Waals surface area (Å²) in [5.41, 5.74) is 5.61. The minimum Gasteiger partial charge on any atom is -0.488 e. The second-order valence-corrected chi connectivity index (χ2v) is 7.49. The Bertz CT molecular complexity index is 1050. The molecule has 4 rings (SSSR count). The van der Waals surface area contributed by atoms with Crippen LogP contribution in [0.3, 0.4) is 0 Å². The normalized spacial score (nSPS) is 16.1. The number of halogens is 1. The molecule has 0 bridgehead atoms. The van der Waals surface area contributed by atoms with E-state index in [1.54, 1.807) is 12.1 Å². The number of amides is 1. The highest BCUT2D eigenvalue weighted by atomic mass is 19.1. The molecule has 154 valence electrons. The Morgan fingerprint density at radius 1 is 1.17 bits per heavy atom. The smallest absolute Gasteiger partial charge is 0.432 e. The van der Waals surface area contributed by atoms with Crippen molar-refractivity contribution in [1.82, 2.24) is 5.01 Å². The fourth-order valence-corrected chi connectivity index (χ4v) is 3.83. The van der Waals surface area contributed by atoms with Crippen LogP contribution in [0.25, 0.3) is 5.57 Å². The Kier molecular flexibility index (Phi) is 5.65. The molecule has 2 aromatic carbocycles. The van der Waals surface area contributed by atoms with Crippen molar-refractivity contribution >= 4 is 17.4 Å². The second kappa shape index (κ2) is 8.53. The fraction of sp³-hybridized carbons (Fsp3) is 0.250. The summed E-state index contributed by atoms with van der Waals surface area (Å²) in [6.45, 7) is 2.42. The van der Waals surface area contributed by atoms with Crippen molar-refractivity contribution in [2.24, 2.45) is 5.10 Å². The first-order valence-electron chi connectivity index (χ1n) is 9.98. The second-order valence-electron chi connectivity index (χ2n) is 7.49. The molecule has 1 aliphatic heterocycles. The number of benzene rings is 2. The summed E-state index contributed by atoms with van der Waals surface area (Å²) in [5.74, 6) is 0.289. The van der Waals surface area contributed by atoms with Crippen LogP contribution in [0.4, 0.5) is 9.18 Å². The van der Waals surface area contributed by atoms with Gasteiger partial charge in [0.2, 0.25) is 0 Å². The molecule has 0 fully saturated rings. The van der Waals surface area contributed by atoms with E-state index in [2.05, 4.69) is 5.10 Å². The van der Waals surface area contributed by atoms with E-state index >= 15 is 0 Å². The van der Waals surface area contributed by atoms with E-state index in [1.807, 2.05) is 31.2 Å². The Morgan fingerprint density at radius 3 is 2.70 bits per heavy atom. The number of aryl methyl sites for hydroxylation is 1. The van der Waals surface area contributed by atoms with E-state index in [0.29, 0.717) is 30.1 Å². The highest BCUT2D eigenvalue weighted by Gasteiger charge is 2.25. The van der Waals surface area contributed by atoms with Crippen molar-refractivity contribution in [2.75, 3.05) is 0 Å². The van der Waals surface area contributed by atoms with Crippen LogP contribution in [-0.4, -0.2) is 21.9 Å². The Morgan fingerprint density at radius 2 is 1.93 bits per heavy atom. The van der Waals surface area contributed by atoms with Crippen molar-refractivity contribution in [3.8, 4) is 5.75 Å². The first-order valence-corrected chi connectivity index (χ1v) is 9.98. The number of ether oxygens (including phenoxy) is 1. The van der Waals surface area contributed by atoms with Gasteiger partial charge in [-0.25, -0.2) is 9.18 Å².